The summed E-state index contributed by atoms with van der Waals surface area (Å²) in [6.07, 6.45) is -36.0. The number of carboxylic acids is 1. The summed E-state index contributed by atoms with van der Waals surface area (Å²) in [5, 5.41) is 150. The first-order valence-corrected chi connectivity index (χ1v) is 21.0. The van der Waals surface area contributed by atoms with E-state index in [4.69, 9.17) is 42.6 Å². The fraction of sp³-hybridized carbons (Fsp3) is 0.795. The van der Waals surface area contributed by atoms with Gasteiger partial charge in [-0.15, -0.1) is 0 Å². The molecule has 4 aliphatic rings. The van der Waals surface area contributed by atoms with Crippen LogP contribution < -0.4 is 5.32 Å². The topological polar surface area (TPSA) is 412 Å². The molecule has 4 fully saturated rings. The van der Waals surface area contributed by atoms with Gasteiger partial charge in [0.2, 0.25) is 0 Å². The van der Waals surface area contributed by atoms with Gasteiger partial charge in [0.05, 0.1) is 39.1 Å². The van der Waals surface area contributed by atoms with Crippen molar-refractivity contribution in [3.63, 3.8) is 0 Å². The summed E-state index contributed by atoms with van der Waals surface area (Å²) in [5.74, 6) is -4.31. The fourth-order valence-electron chi connectivity index (χ4n) is 7.72. The van der Waals surface area contributed by atoms with Crippen LogP contribution in [-0.2, 0) is 54.0 Å². The molecule has 26 nitrogen and oxygen atoms in total. The molecule has 4 saturated heterocycles. The molecule has 0 saturated carbocycles. The Morgan fingerprint density at radius 2 is 1.25 bits per heavy atom. The summed E-state index contributed by atoms with van der Waals surface area (Å²) in [6, 6.07) is 9.04. The Bertz CT molecular complexity index is 1600. The van der Waals surface area contributed by atoms with E-state index in [0.29, 0.717) is 12.8 Å². The number of alkyl carbamates (subject to hydrolysis) is 1. The zero-order chi connectivity index (χ0) is 47.6. The van der Waals surface area contributed by atoms with E-state index in [9.17, 15) is 81.1 Å². The van der Waals surface area contributed by atoms with Crippen LogP contribution >= 0.6 is 0 Å². The maximum Gasteiger partial charge on any atom is 0.407 e. The minimum Gasteiger partial charge on any atom is -0.477 e. The van der Waals surface area contributed by atoms with Crippen LogP contribution in [0.4, 0.5) is 4.79 Å². The largest absolute Gasteiger partial charge is 0.477 e. The van der Waals surface area contributed by atoms with Gasteiger partial charge in [-0.25, -0.2) is 9.59 Å². The van der Waals surface area contributed by atoms with E-state index in [-0.39, 0.29) is 26.2 Å². The summed E-state index contributed by atoms with van der Waals surface area (Å²) in [6.45, 7) is -3.74. The molecule has 5 rings (SSSR count). The summed E-state index contributed by atoms with van der Waals surface area (Å²) in [4.78, 5) is 24.6. The first kappa shape index (κ1) is 53.1. The van der Waals surface area contributed by atoms with Crippen LogP contribution in [0.1, 0.15) is 31.2 Å². The normalized spacial score (nSPS) is 40.5. The van der Waals surface area contributed by atoms with Gasteiger partial charge in [0.25, 0.3) is 5.79 Å². The van der Waals surface area contributed by atoms with Crippen molar-refractivity contribution in [2.45, 2.75) is 155 Å². The zero-order valence-electron chi connectivity index (χ0n) is 34.9. The highest BCUT2D eigenvalue weighted by Crippen LogP contribution is 2.38. The first-order valence-electron chi connectivity index (χ1n) is 21.0. The molecule has 15 N–H and O–H groups in total. The van der Waals surface area contributed by atoms with Crippen molar-refractivity contribution in [3.8, 4) is 0 Å². The molecule has 20 atom stereocenters. The molecular weight excluding hydrogens is 882 g/mol. The molecule has 1 aromatic carbocycles. The number of carboxylic acid groups (broad SMARTS) is 1. The van der Waals surface area contributed by atoms with Crippen LogP contribution in [0.2, 0.25) is 0 Å². The molecule has 0 aromatic heterocycles. The molecule has 0 spiro atoms. The Morgan fingerprint density at radius 3 is 1.86 bits per heavy atom. The lowest BCUT2D eigenvalue weighted by atomic mass is 9.91. The lowest BCUT2D eigenvalue weighted by molar-refractivity contribution is -0.391. The molecule has 4 aliphatic heterocycles. The lowest BCUT2D eigenvalue weighted by Crippen LogP contribution is -2.68. The SMILES string of the molecule is O=C(NCCCCCO[C@@]1(C(=O)O)C[C@@H](O)[C@H](O[C@@H]2O[C@H](CO)[C@H](O)[C@H](O[C@@H]3O[C@H](CO)[C@H](O[C@@H]4O[C@H](CO)[C@H](O)[C@H](O)[C@H]4O)[C@H](O)[C@H]3O)[C@H]2O)[C@@H](C(O)CO)O1)OCc1ccccc1. The van der Waals surface area contributed by atoms with Crippen LogP contribution in [0.25, 0.3) is 0 Å². The highest BCUT2D eigenvalue weighted by atomic mass is 16.8. The lowest BCUT2D eigenvalue weighted by Gasteiger charge is -2.49. The second-order valence-corrected chi connectivity index (χ2v) is 16.0. The van der Waals surface area contributed by atoms with Crippen LogP contribution in [0, 0.1) is 0 Å². The predicted octanol–water partition coefficient (Wildman–Crippen LogP) is -6.78. The molecule has 4 heterocycles. The number of hydrogen-bond donors (Lipinski definition) is 15. The number of unbranched alkanes of at least 4 members (excludes halogenated alkanes) is 2. The summed E-state index contributed by atoms with van der Waals surface area (Å²) < 4.78 is 49.9. The average molecular weight is 944 g/mol. The smallest absolute Gasteiger partial charge is 0.407 e. The minimum absolute atomic E-state index is 0.0797. The Kier molecular flexibility index (Phi) is 19.9. The number of ether oxygens (including phenoxy) is 9. The molecule has 1 unspecified atom stereocenters. The van der Waals surface area contributed by atoms with E-state index in [1.165, 1.54) is 0 Å². The van der Waals surface area contributed by atoms with Crippen LogP contribution in [0.15, 0.2) is 30.3 Å². The van der Waals surface area contributed by atoms with E-state index in [1.807, 2.05) is 6.07 Å². The summed E-state index contributed by atoms with van der Waals surface area (Å²) in [7, 11) is 0. The number of amides is 1. The predicted molar refractivity (Wildman–Crippen MR) is 207 cm³/mol. The van der Waals surface area contributed by atoms with Crippen LogP contribution in [0.5, 0.6) is 0 Å². The third-order valence-electron chi connectivity index (χ3n) is 11.4. The van der Waals surface area contributed by atoms with Gasteiger partial charge in [-0.1, -0.05) is 30.3 Å². The Hall–Kier alpha value is -2.88. The van der Waals surface area contributed by atoms with Gasteiger partial charge in [-0.05, 0) is 24.8 Å². The number of carbonyl (C=O) groups excluding carboxylic acids is 1. The quantitative estimate of drug-likeness (QED) is 0.0509. The van der Waals surface area contributed by atoms with Crippen molar-refractivity contribution in [1.82, 2.24) is 5.32 Å². The first-order chi connectivity index (χ1) is 31.0. The average Bonchev–Trinajstić information content (AvgIpc) is 3.30. The Morgan fingerprint density at radius 1 is 0.677 bits per heavy atom. The van der Waals surface area contributed by atoms with Crippen molar-refractivity contribution in [2.24, 2.45) is 0 Å². The highest BCUT2D eigenvalue weighted by molar-refractivity contribution is 5.76. The molecule has 0 bridgehead atoms. The minimum atomic E-state index is -2.59. The van der Waals surface area contributed by atoms with Gasteiger partial charge in [0.1, 0.15) is 98.2 Å². The van der Waals surface area contributed by atoms with E-state index < -0.39 is 167 Å². The van der Waals surface area contributed by atoms with E-state index in [2.05, 4.69) is 5.32 Å². The van der Waals surface area contributed by atoms with Crippen molar-refractivity contribution >= 4 is 12.1 Å². The van der Waals surface area contributed by atoms with Gasteiger partial charge in [-0.3, -0.25) is 0 Å². The number of aliphatic hydroxyl groups excluding tert-OH is 13. The molecule has 372 valence electrons. The molecule has 1 aromatic rings. The van der Waals surface area contributed by atoms with E-state index >= 15 is 0 Å². The number of aliphatic hydroxyl groups is 13. The monoisotopic (exact) mass is 943 g/mol. The number of nitrogens with one attached hydrogen (secondary N) is 1. The van der Waals surface area contributed by atoms with Crippen molar-refractivity contribution < 1.29 is 124 Å². The number of carbonyl (C=O) groups is 2. The van der Waals surface area contributed by atoms with Gasteiger partial charge >= 0.3 is 12.1 Å². The summed E-state index contributed by atoms with van der Waals surface area (Å²) >= 11 is 0. The van der Waals surface area contributed by atoms with Gasteiger partial charge in [-0.2, -0.15) is 0 Å². The third-order valence-corrected chi connectivity index (χ3v) is 11.4. The van der Waals surface area contributed by atoms with Crippen molar-refractivity contribution in [2.75, 3.05) is 39.6 Å². The molecule has 1 amide bonds. The van der Waals surface area contributed by atoms with Crippen molar-refractivity contribution in [1.29, 1.82) is 0 Å². The number of rotatable bonds is 21. The fourth-order valence-corrected chi connectivity index (χ4v) is 7.72. The van der Waals surface area contributed by atoms with E-state index in [0.717, 1.165) is 5.56 Å². The van der Waals surface area contributed by atoms with Gasteiger partial charge < -0.3 is 119 Å². The molecule has 0 radical (unpaired) electrons. The Labute approximate surface area is 370 Å². The number of hydrogen-bond acceptors (Lipinski definition) is 24. The standard InChI is InChI=1S/C39H61NO25/c41-12-19(46)31-30(18(45)11-39(65-31,37(54)55)58-10-6-2-5-9-40-38(56)57-16-17-7-3-1-4-8-17)62-36-29(53)33(24(48)21(14-43)60-36)64-35-28(52)26(50)32(22(15-44)61-35)63-34-27(51)25(49)23(47)20(13-42)59-34/h1,3-4,7-8,18-36,41-53H,2,5-6,9-16H2,(H,40,56)(H,54,55)/t18-,19?,20-,21-,22-,23+,24+,25+,26-,27-,28-,29-,30+,31-,32+,33+,34+,35+,36+,39+/m1/s1. The van der Waals surface area contributed by atoms with Gasteiger partial charge in [0, 0.05) is 13.0 Å². The Balaban J connectivity index is 1.19. The second kappa shape index (κ2) is 24.4. The number of aliphatic carboxylic acids is 1. The maximum atomic E-state index is 12.6. The zero-order valence-corrected chi connectivity index (χ0v) is 34.9. The molecular formula is C39H61NO25. The van der Waals surface area contributed by atoms with Crippen LogP contribution in [-0.4, -0.2) is 245 Å². The molecule has 26 heteroatoms. The second-order valence-electron chi connectivity index (χ2n) is 16.0. The van der Waals surface area contributed by atoms with Crippen LogP contribution in [0.3, 0.4) is 0 Å². The highest BCUT2D eigenvalue weighted by Gasteiger charge is 2.58. The van der Waals surface area contributed by atoms with Crippen molar-refractivity contribution in [3.05, 3.63) is 35.9 Å². The van der Waals surface area contributed by atoms with E-state index in [1.54, 1.807) is 24.3 Å². The third kappa shape index (κ3) is 12.8. The number of benzene rings is 1. The molecule has 0 aliphatic carbocycles. The summed E-state index contributed by atoms with van der Waals surface area (Å²) in [5.41, 5.74) is 0.805. The van der Waals surface area contributed by atoms with Gasteiger partial charge in [0.15, 0.2) is 18.9 Å². The molecule has 65 heavy (non-hydrogen) atoms. The maximum absolute atomic E-state index is 12.6.